The van der Waals surface area contributed by atoms with E-state index >= 15 is 0 Å². The summed E-state index contributed by atoms with van der Waals surface area (Å²) in [7, 11) is -1.57. The molecule has 0 spiro atoms. The maximum Gasteiger partial charge on any atom is 0.241 e. The topological polar surface area (TPSA) is 108 Å². The van der Waals surface area contributed by atoms with Crippen molar-refractivity contribution < 1.29 is 22.7 Å². The lowest BCUT2D eigenvalue weighted by Crippen LogP contribution is -2.37. The van der Waals surface area contributed by atoms with Crippen molar-refractivity contribution in [1.29, 1.82) is 0 Å². The molecule has 0 bridgehead atoms. The maximum absolute atomic E-state index is 12.0. The van der Waals surface area contributed by atoms with Crippen LogP contribution in [0.2, 0.25) is 0 Å². The van der Waals surface area contributed by atoms with Gasteiger partial charge in [0.25, 0.3) is 0 Å². The molecule has 3 N–H and O–H groups in total. The Balaban J connectivity index is 1.93. The second-order valence-electron chi connectivity index (χ2n) is 5.82. The number of hydrogen-bond donors (Lipinski definition) is 2. The quantitative estimate of drug-likeness (QED) is 0.729. The van der Waals surface area contributed by atoms with E-state index < -0.39 is 21.8 Å². The van der Waals surface area contributed by atoms with Gasteiger partial charge in [0.15, 0.2) is 0 Å². The zero-order chi connectivity index (χ0) is 19.2. The standard InChI is InChI=1S/C18H22N2O5S/c1-24-15-4-3-5-16(12-15)25-14-8-6-13(7-9-14)20-18(21)17(19)10-11-26(2,22)23/h3-9,12,17H,10-11,19H2,1-2H3,(H,20,21). The van der Waals surface area contributed by atoms with Crippen molar-refractivity contribution in [2.24, 2.45) is 5.73 Å². The Hall–Kier alpha value is -2.58. The van der Waals surface area contributed by atoms with Crippen LogP contribution in [0, 0.1) is 0 Å². The van der Waals surface area contributed by atoms with E-state index in [1.165, 1.54) is 0 Å². The maximum atomic E-state index is 12.0. The Morgan fingerprint density at radius 1 is 1.12 bits per heavy atom. The first-order valence-corrected chi connectivity index (χ1v) is 9.99. The fraction of sp³-hybridized carbons (Fsp3) is 0.278. The summed E-state index contributed by atoms with van der Waals surface area (Å²) in [5.74, 6) is 1.35. The van der Waals surface area contributed by atoms with Gasteiger partial charge in [0, 0.05) is 18.0 Å². The van der Waals surface area contributed by atoms with E-state index in [1.807, 2.05) is 12.1 Å². The van der Waals surface area contributed by atoms with Crippen LogP contribution in [-0.2, 0) is 14.6 Å². The number of carbonyl (C=O) groups is 1. The van der Waals surface area contributed by atoms with E-state index in [2.05, 4.69) is 5.32 Å². The van der Waals surface area contributed by atoms with Crippen LogP contribution in [0.1, 0.15) is 6.42 Å². The Labute approximate surface area is 153 Å². The normalized spacial score (nSPS) is 12.3. The molecule has 140 valence electrons. The van der Waals surface area contributed by atoms with E-state index in [0.29, 0.717) is 22.9 Å². The number of carbonyl (C=O) groups excluding carboxylic acids is 1. The lowest BCUT2D eigenvalue weighted by atomic mass is 10.2. The van der Waals surface area contributed by atoms with Crippen molar-refractivity contribution in [3.8, 4) is 17.2 Å². The molecular weight excluding hydrogens is 356 g/mol. The molecule has 0 heterocycles. The largest absolute Gasteiger partial charge is 0.497 e. The first-order chi connectivity index (χ1) is 12.3. The monoisotopic (exact) mass is 378 g/mol. The van der Waals surface area contributed by atoms with Crippen molar-refractivity contribution in [3.05, 3.63) is 48.5 Å². The van der Waals surface area contributed by atoms with Gasteiger partial charge in [-0.05, 0) is 42.8 Å². The Morgan fingerprint density at radius 2 is 1.77 bits per heavy atom. The smallest absolute Gasteiger partial charge is 0.241 e. The number of hydrogen-bond acceptors (Lipinski definition) is 6. The molecule has 0 saturated heterocycles. The number of nitrogens with two attached hydrogens (primary N) is 1. The Morgan fingerprint density at radius 3 is 2.38 bits per heavy atom. The molecule has 26 heavy (non-hydrogen) atoms. The number of rotatable bonds is 8. The zero-order valence-electron chi connectivity index (χ0n) is 14.6. The first-order valence-electron chi connectivity index (χ1n) is 7.93. The highest BCUT2D eigenvalue weighted by Gasteiger charge is 2.16. The highest BCUT2D eigenvalue weighted by atomic mass is 32.2. The lowest BCUT2D eigenvalue weighted by Gasteiger charge is -2.12. The highest BCUT2D eigenvalue weighted by molar-refractivity contribution is 7.90. The van der Waals surface area contributed by atoms with E-state index in [9.17, 15) is 13.2 Å². The van der Waals surface area contributed by atoms with E-state index in [1.54, 1.807) is 43.5 Å². The third kappa shape index (κ3) is 6.38. The number of methoxy groups -OCH3 is 1. The van der Waals surface area contributed by atoms with Crippen molar-refractivity contribution >= 4 is 21.4 Å². The summed E-state index contributed by atoms with van der Waals surface area (Å²) >= 11 is 0. The van der Waals surface area contributed by atoms with E-state index in [4.69, 9.17) is 15.2 Å². The predicted molar refractivity (Wildman–Crippen MR) is 100 cm³/mol. The van der Waals surface area contributed by atoms with Crippen molar-refractivity contribution in [3.63, 3.8) is 0 Å². The third-order valence-electron chi connectivity index (χ3n) is 3.54. The van der Waals surface area contributed by atoms with Crippen LogP contribution in [0.4, 0.5) is 5.69 Å². The van der Waals surface area contributed by atoms with Crippen LogP contribution < -0.4 is 20.5 Å². The number of benzene rings is 2. The van der Waals surface area contributed by atoms with Crippen LogP contribution in [-0.4, -0.2) is 39.5 Å². The fourth-order valence-corrected chi connectivity index (χ4v) is 2.80. The van der Waals surface area contributed by atoms with Crippen molar-refractivity contribution in [2.45, 2.75) is 12.5 Å². The lowest BCUT2D eigenvalue weighted by molar-refractivity contribution is -0.117. The molecule has 1 unspecified atom stereocenters. The molecule has 0 radical (unpaired) electrons. The highest BCUT2D eigenvalue weighted by Crippen LogP contribution is 2.26. The van der Waals surface area contributed by atoms with Gasteiger partial charge in [-0.15, -0.1) is 0 Å². The van der Waals surface area contributed by atoms with E-state index in [-0.39, 0.29) is 12.2 Å². The van der Waals surface area contributed by atoms with Gasteiger partial charge in [-0.25, -0.2) is 8.42 Å². The summed E-state index contributed by atoms with van der Waals surface area (Å²) in [5, 5.41) is 2.65. The molecule has 8 heteroatoms. The number of ether oxygens (including phenoxy) is 2. The summed E-state index contributed by atoms with van der Waals surface area (Å²) in [6, 6.07) is 13.1. The number of anilines is 1. The van der Waals surface area contributed by atoms with Crippen LogP contribution in [0.25, 0.3) is 0 Å². The van der Waals surface area contributed by atoms with Crippen molar-refractivity contribution in [1.82, 2.24) is 0 Å². The van der Waals surface area contributed by atoms with Crippen LogP contribution >= 0.6 is 0 Å². The minimum Gasteiger partial charge on any atom is -0.497 e. The van der Waals surface area contributed by atoms with Gasteiger partial charge in [0.05, 0.1) is 18.9 Å². The molecular formula is C18H22N2O5S. The molecule has 7 nitrogen and oxygen atoms in total. The van der Waals surface area contributed by atoms with Gasteiger partial charge in [0.2, 0.25) is 5.91 Å². The second-order valence-corrected chi connectivity index (χ2v) is 8.08. The molecule has 2 aromatic rings. The van der Waals surface area contributed by atoms with Crippen LogP contribution in [0.15, 0.2) is 48.5 Å². The minimum atomic E-state index is -3.15. The van der Waals surface area contributed by atoms with Gasteiger partial charge in [0.1, 0.15) is 27.1 Å². The molecule has 2 aromatic carbocycles. The average molecular weight is 378 g/mol. The van der Waals surface area contributed by atoms with Gasteiger partial charge < -0.3 is 20.5 Å². The van der Waals surface area contributed by atoms with Gasteiger partial charge in [-0.2, -0.15) is 0 Å². The first kappa shape index (κ1) is 19.7. The average Bonchev–Trinajstić information content (AvgIpc) is 2.60. The summed E-state index contributed by atoms with van der Waals surface area (Å²) in [6.07, 6.45) is 1.18. The molecule has 0 fully saturated rings. The SMILES string of the molecule is COc1cccc(Oc2ccc(NC(=O)C(N)CCS(C)(=O)=O)cc2)c1. The molecule has 1 amide bonds. The molecule has 0 aliphatic carbocycles. The van der Waals surface area contributed by atoms with Gasteiger partial charge >= 0.3 is 0 Å². The zero-order valence-corrected chi connectivity index (χ0v) is 15.5. The summed E-state index contributed by atoms with van der Waals surface area (Å²) in [5.41, 5.74) is 6.26. The number of sulfone groups is 1. The molecule has 0 aromatic heterocycles. The Kier molecular flexibility index (Phi) is 6.59. The molecule has 0 aliphatic heterocycles. The number of nitrogens with one attached hydrogen (secondary N) is 1. The molecule has 0 aliphatic rings. The second kappa shape index (κ2) is 8.68. The molecule has 1 atom stereocenters. The third-order valence-corrected chi connectivity index (χ3v) is 4.51. The van der Waals surface area contributed by atoms with Crippen LogP contribution in [0.3, 0.4) is 0 Å². The summed E-state index contributed by atoms with van der Waals surface area (Å²) in [6.45, 7) is 0. The van der Waals surface area contributed by atoms with Crippen LogP contribution in [0.5, 0.6) is 17.2 Å². The van der Waals surface area contributed by atoms with E-state index in [0.717, 1.165) is 6.26 Å². The molecule has 2 rings (SSSR count). The molecule has 0 saturated carbocycles. The number of amides is 1. The summed E-state index contributed by atoms with van der Waals surface area (Å²) < 4.78 is 33.1. The summed E-state index contributed by atoms with van der Waals surface area (Å²) in [4.78, 5) is 12.0. The van der Waals surface area contributed by atoms with Crippen molar-refractivity contribution in [2.75, 3.05) is 24.4 Å². The minimum absolute atomic E-state index is 0.0711. The predicted octanol–water partition coefficient (Wildman–Crippen LogP) is 2.19. The van der Waals surface area contributed by atoms with Gasteiger partial charge in [-0.1, -0.05) is 6.07 Å². The van der Waals surface area contributed by atoms with Gasteiger partial charge in [-0.3, -0.25) is 4.79 Å². The Bertz CT molecular complexity index is 850. The fourth-order valence-electron chi connectivity index (χ4n) is 2.11.